The van der Waals surface area contributed by atoms with Crippen molar-refractivity contribution in [1.82, 2.24) is 4.31 Å². The number of nitrogens with one attached hydrogen (secondary N) is 1. The van der Waals surface area contributed by atoms with Crippen molar-refractivity contribution >= 4 is 50.1 Å². The molecule has 0 unspecified atom stereocenters. The maximum atomic E-state index is 12.9. The van der Waals surface area contributed by atoms with Crippen molar-refractivity contribution in [1.29, 1.82) is 0 Å². The fourth-order valence-electron chi connectivity index (χ4n) is 3.94. The van der Waals surface area contributed by atoms with Crippen LogP contribution in [-0.4, -0.2) is 70.3 Å². The third kappa shape index (κ3) is 6.13. The van der Waals surface area contributed by atoms with Crippen LogP contribution in [-0.2, 0) is 14.8 Å². The lowest BCUT2D eigenvalue weighted by molar-refractivity contribution is -0.575. The van der Waals surface area contributed by atoms with E-state index in [2.05, 4.69) is 5.32 Å². The second-order valence-electron chi connectivity index (χ2n) is 8.78. The smallest absolute Gasteiger partial charge is 0.288 e. The van der Waals surface area contributed by atoms with Gasteiger partial charge in [-0.1, -0.05) is 12.2 Å². The number of aliphatic hydroxyl groups excluding tert-OH is 1. The Balaban J connectivity index is 1.64. The van der Waals surface area contributed by atoms with Gasteiger partial charge in [-0.3, -0.25) is 0 Å². The lowest BCUT2D eigenvalue weighted by Gasteiger charge is -2.26. The van der Waals surface area contributed by atoms with E-state index in [1.807, 2.05) is 43.5 Å². The summed E-state index contributed by atoms with van der Waals surface area (Å²) < 4.78 is 39.6. The zero-order valence-electron chi connectivity index (χ0n) is 21.5. The molecule has 2 N–H and O–H groups in total. The second-order valence-corrected chi connectivity index (χ2v) is 11.1. The van der Waals surface area contributed by atoms with Crippen LogP contribution in [0.4, 0.5) is 11.4 Å². The predicted octanol–water partition coefficient (Wildman–Crippen LogP) is 3.39. The quantitative estimate of drug-likeness (QED) is 0.189. The van der Waals surface area contributed by atoms with E-state index in [9.17, 15) is 13.5 Å². The van der Waals surface area contributed by atoms with Crippen LogP contribution in [0.25, 0.3) is 11.5 Å². The van der Waals surface area contributed by atoms with E-state index in [1.165, 1.54) is 4.31 Å². The molecule has 0 bridgehead atoms. The molecule has 0 aliphatic carbocycles. The summed E-state index contributed by atoms with van der Waals surface area (Å²) in [6.45, 7) is 1.42. The number of nitrogens with zero attached hydrogens (tertiary/aromatic N) is 3. The summed E-state index contributed by atoms with van der Waals surface area (Å²) >= 11 is 5.73. The van der Waals surface area contributed by atoms with Gasteiger partial charge in [0.15, 0.2) is 23.1 Å². The topological polar surface area (TPSA) is 95.2 Å². The maximum absolute atomic E-state index is 12.9. The van der Waals surface area contributed by atoms with Crippen molar-refractivity contribution in [3.8, 4) is 5.75 Å². The van der Waals surface area contributed by atoms with E-state index >= 15 is 0 Å². The predicted molar refractivity (Wildman–Crippen MR) is 152 cm³/mol. The summed E-state index contributed by atoms with van der Waals surface area (Å²) in [5, 5.41) is 14.4. The van der Waals surface area contributed by atoms with Gasteiger partial charge in [0, 0.05) is 56.3 Å². The van der Waals surface area contributed by atoms with Crippen LogP contribution >= 0.6 is 12.2 Å². The van der Waals surface area contributed by atoms with Crippen LogP contribution in [0.15, 0.2) is 78.0 Å². The van der Waals surface area contributed by atoms with Gasteiger partial charge in [0.25, 0.3) is 5.70 Å². The Kier molecular flexibility index (Phi) is 8.62. The molecule has 9 nitrogen and oxygen atoms in total. The van der Waals surface area contributed by atoms with Crippen molar-refractivity contribution < 1.29 is 27.6 Å². The number of benzene rings is 2. The van der Waals surface area contributed by atoms with Gasteiger partial charge in [0.1, 0.15) is 5.75 Å². The number of hydrogen-bond donors (Lipinski definition) is 2. The van der Waals surface area contributed by atoms with Crippen molar-refractivity contribution in [2.24, 2.45) is 0 Å². The number of anilines is 2. The molecule has 0 amide bonds. The molecule has 3 aromatic rings. The first-order valence-electron chi connectivity index (χ1n) is 12.0. The Bertz CT molecular complexity index is 1400. The zero-order valence-corrected chi connectivity index (χ0v) is 23.1. The number of sulfonamides is 1. The van der Waals surface area contributed by atoms with Gasteiger partial charge in [-0.25, -0.2) is 8.42 Å². The zero-order chi connectivity index (χ0) is 27.3. The minimum absolute atomic E-state index is 0.0285. The molecule has 0 atom stereocenters. The van der Waals surface area contributed by atoms with Gasteiger partial charge in [-0.05, 0) is 48.5 Å². The summed E-state index contributed by atoms with van der Waals surface area (Å²) in [6.07, 6.45) is 3.63. The van der Waals surface area contributed by atoms with Crippen LogP contribution in [0.1, 0.15) is 5.56 Å². The molecule has 2 heterocycles. The third-order valence-corrected chi connectivity index (χ3v) is 8.32. The van der Waals surface area contributed by atoms with E-state index in [0.717, 1.165) is 5.69 Å². The van der Waals surface area contributed by atoms with E-state index < -0.39 is 10.0 Å². The van der Waals surface area contributed by atoms with Gasteiger partial charge in [-0.15, -0.1) is 0 Å². The lowest BCUT2D eigenvalue weighted by Crippen LogP contribution is -2.40. The number of aliphatic hydroxyl groups is 1. The highest BCUT2D eigenvalue weighted by Crippen LogP contribution is 2.23. The number of methoxy groups -OCH3 is 1. The molecule has 2 aromatic carbocycles. The SMILES string of the molecule is COc1ccc(/C(O)=C(/C(=S)Nc2ccc(S(=O)(=O)N3CCOCC3)cc2)[n+]2ccc(N(C)C)cc2)cc1. The van der Waals surface area contributed by atoms with E-state index in [1.54, 1.807) is 60.2 Å². The standard InChI is InChI=1S/C27H30N4O5S2/c1-29(2)22-12-14-30(15-13-22)25(26(32)20-4-8-23(35-3)9-5-20)27(37)28-21-6-10-24(11-7-21)38(33,34)31-16-18-36-19-17-31/h4-15H,16-19H2,1-3H3,(H-,28,32,37)/p+1. The second kappa shape index (κ2) is 11.9. The minimum Gasteiger partial charge on any atom is -0.502 e. The molecular formula is C27H31N4O5S2+. The lowest BCUT2D eigenvalue weighted by atomic mass is 10.1. The summed E-state index contributed by atoms with van der Waals surface area (Å²) in [5.74, 6) is 0.637. The van der Waals surface area contributed by atoms with Gasteiger partial charge in [0.2, 0.25) is 10.0 Å². The van der Waals surface area contributed by atoms with Crippen LogP contribution in [0.5, 0.6) is 5.75 Å². The number of hydrogen-bond acceptors (Lipinski definition) is 7. The summed E-state index contributed by atoms with van der Waals surface area (Å²) in [5.41, 5.74) is 2.49. The van der Waals surface area contributed by atoms with Crippen molar-refractivity contribution in [3.63, 3.8) is 0 Å². The van der Waals surface area contributed by atoms with Crippen LogP contribution in [0.3, 0.4) is 0 Å². The Labute approximate surface area is 228 Å². The fraction of sp³-hybridized carbons (Fsp3) is 0.259. The van der Waals surface area contributed by atoms with Crippen molar-refractivity contribution in [2.75, 3.05) is 57.7 Å². The minimum atomic E-state index is -3.61. The van der Waals surface area contributed by atoms with Gasteiger partial charge >= 0.3 is 0 Å². The Hall–Kier alpha value is -3.51. The van der Waals surface area contributed by atoms with Crippen molar-refractivity contribution in [2.45, 2.75) is 4.90 Å². The Morgan fingerprint density at radius 1 is 1.03 bits per heavy atom. The number of pyridine rings is 1. The summed E-state index contributed by atoms with van der Waals surface area (Å²) in [4.78, 5) is 2.42. The molecule has 1 aliphatic heterocycles. The molecule has 1 aliphatic rings. The van der Waals surface area contributed by atoms with Crippen molar-refractivity contribution in [3.05, 3.63) is 78.6 Å². The molecule has 1 fully saturated rings. The number of thiocarbonyl (C=S) groups is 1. The number of ether oxygens (including phenoxy) is 2. The number of rotatable bonds is 8. The summed E-state index contributed by atoms with van der Waals surface area (Å²) in [6, 6.07) is 17.2. The average molecular weight is 556 g/mol. The fourth-order valence-corrected chi connectivity index (χ4v) is 5.66. The van der Waals surface area contributed by atoms with E-state index in [4.69, 9.17) is 21.7 Å². The first-order valence-corrected chi connectivity index (χ1v) is 13.8. The maximum Gasteiger partial charge on any atom is 0.288 e. The van der Waals surface area contributed by atoms with Crippen LogP contribution < -0.4 is 19.5 Å². The third-order valence-electron chi connectivity index (χ3n) is 6.11. The highest BCUT2D eigenvalue weighted by atomic mass is 32.2. The molecule has 0 saturated carbocycles. The van der Waals surface area contributed by atoms with E-state index in [-0.39, 0.29) is 15.6 Å². The van der Waals surface area contributed by atoms with Gasteiger partial charge < -0.3 is 24.8 Å². The summed E-state index contributed by atoms with van der Waals surface area (Å²) in [7, 11) is 1.86. The molecule has 1 saturated heterocycles. The van der Waals surface area contributed by atoms with Gasteiger partial charge in [-0.2, -0.15) is 8.87 Å². The largest absolute Gasteiger partial charge is 0.502 e. The molecule has 4 rings (SSSR count). The molecule has 11 heteroatoms. The molecular weight excluding hydrogens is 524 g/mol. The van der Waals surface area contributed by atoms with Gasteiger partial charge in [0.05, 0.1) is 25.2 Å². The van der Waals surface area contributed by atoms with Crippen LogP contribution in [0, 0.1) is 0 Å². The highest BCUT2D eigenvalue weighted by Gasteiger charge is 2.27. The molecule has 1 aromatic heterocycles. The molecule has 0 spiro atoms. The molecule has 38 heavy (non-hydrogen) atoms. The molecule has 0 radical (unpaired) electrons. The number of aromatic nitrogens is 1. The number of morpholine rings is 1. The first-order chi connectivity index (χ1) is 18.2. The Morgan fingerprint density at radius 2 is 1.63 bits per heavy atom. The normalized spacial score (nSPS) is 14.9. The monoisotopic (exact) mass is 555 g/mol. The molecule has 200 valence electrons. The average Bonchev–Trinajstić information content (AvgIpc) is 2.94. The van der Waals surface area contributed by atoms with E-state index in [0.29, 0.717) is 49.0 Å². The first kappa shape index (κ1) is 27.5. The van der Waals surface area contributed by atoms with Crippen LogP contribution in [0.2, 0.25) is 0 Å². The highest BCUT2D eigenvalue weighted by molar-refractivity contribution is 7.89. The Morgan fingerprint density at radius 3 is 2.18 bits per heavy atom.